The quantitative estimate of drug-likeness (QED) is 0.860. The average molecular weight is 262 g/mol. The molecule has 1 aliphatic rings. The highest BCUT2D eigenvalue weighted by atomic mass is 16.3. The second-order valence-electron chi connectivity index (χ2n) is 5.05. The highest BCUT2D eigenvalue weighted by Crippen LogP contribution is 2.22. The van der Waals surface area contributed by atoms with E-state index in [1.807, 2.05) is 30.1 Å². The molecule has 0 aromatic heterocycles. The van der Waals surface area contributed by atoms with Crippen molar-refractivity contribution in [3.05, 3.63) is 35.9 Å². The Balaban J connectivity index is 2.08. The van der Waals surface area contributed by atoms with Gasteiger partial charge in [0.05, 0.1) is 0 Å². The highest BCUT2D eigenvalue weighted by Gasteiger charge is 2.30. The topological polar surface area (TPSA) is 52.6 Å². The van der Waals surface area contributed by atoms with Crippen LogP contribution in [-0.4, -0.2) is 42.1 Å². The molecule has 1 fully saturated rings. The number of likely N-dealkylation sites (tertiary alicyclic amines) is 1. The van der Waals surface area contributed by atoms with Crippen molar-refractivity contribution in [2.24, 2.45) is 0 Å². The summed E-state index contributed by atoms with van der Waals surface area (Å²) in [6, 6.07) is 9.34. The van der Waals surface area contributed by atoms with E-state index >= 15 is 0 Å². The van der Waals surface area contributed by atoms with Gasteiger partial charge in [0.25, 0.3) is 5.91 Å². The number of rotatable bonds is 4. The fourth-order valence-electron chi connectivity index (χ4n) is 2.67. The number of hydrogen-bond acceptors (Lipinski definition) is 3. The van der Waals surface area contributed by atoms with Crippen LogP contribution in [0.2, 0.25) is 0 Å². The van der Waals surface area contributed by atoms with E-state index in [-0.39, 0.29) is 11.9 Å². The monoisotopic (exact) mass is 262 g/mol. The molecule has 1 heterocycles. The van der Waals surface area contributed by atoms with Gasteiger partial charge in [-0.05, 0) is 31.9 Å². The predicted octanol–water partition coefficient (Wildman–Crippen LogP) is 1.32. The zero-order valence-corrected chi connectivity index (χ0v) is 11.4. The van der Waals surface area contributed by atoms with E-state index < -0.39 is 6.10 Å². The fraction of sp³-hybridized carbons (Fsp3) is 0.533. The van der Waals surface area contributed by atoms with Gasteiger partial charge < -0.3 is 15.3 Å². The fourth-order valence-corrected chi connectivity index (χ4v) is 2.67. The smallest absolute Gasteiger partial charge is 0.256 e. The Bertz CT molecular complexity index is 406. The van der Waals surface area contributed by atoms with Crippen molar-refractivity contribution in [3.63, 3.8) is 0 Å². The maximum Gasteiger partial charge on any atom is 0.256 e. The van der Waals surface area contributed by atoms with E-state index in [0.717, 1.165) is 32.4 Å². The molecule has 2 atom stereocenters. The Morgan fingerprint density at radius 3 is 2.84 bits per heavy atom. The summed E-state index contributed by atoms with van der Waals surface area (Å²) in [6.07, 6.45) is 2.14. The van der Waals surface area contributed by atoms with Gasteiger partial charge in [0, 0.05) is 19.1 Å². The summed E-state index contributed by atoms with van der Waals surface area (Å²) < 4.78 is 0. The van der Waals surface area contributed by atoms with Crippen molar-refractivity contribution in [1.29, 1.82) is 0 Å². The largest absolute Gasteiger partial charge is 0.378 e. The number of likely N-dealkylation sites (N-methyl/N-ethyl adjacent to an activating group) is 1. The molecule has 4 heteroatoms. The summed E-state index contributed by atoms with van der Waals surface area (Å²) in [5.74, 6) is -0.175. The number of nitrogens with one attached hydrogen (secondary N) is 1. The van der Waals surface area contributed by atoms with Gasteiger partial charge in [-0.15, -0.1) is 0 Å². The molecular formula is C15H22N2O2. The van der Waals surface area contributed by atoms with Crippen molar-refractivity contribution < 1.29 is 9.90 Å². The SMILES string of the molecule is CNCC1CCCCN1C(=O)C(O)c1ccccc1. The number of hydrogen-bond donors (Lipinski definition) is 2. The molecule has 2 N–H and O–H groups in total. The third-order valence-corrected chi connectivity index (χ3v) is 3.70. The average Bonchev–Trinajstić information content (AvgIpc) is 2.47. The zero-order chi connectivity index (χ0) is 13.7. The van der Waals surface area contributed by atoms with Crippen molar-refractivity contribution in [1.82, 2.24) is 10.2 Å². The normalized spacial score (nSPS) is 21.2. The minimum atomic E-state index is -1.04. The molecule has 2 rings (SSSR count). The predicted molar refractivity (Wildman–Crippen MR) is 74.7 cm³/mol. The van der Waals surface area contributed by atoms with E-state index in [9.17, 15) is 9.90 Å². The van der Waals surface area contributed by atoms with E-state index in [1.54, 1.807) is 12.1 Å². The second-order valence-corrected chi connectivity index (χ2v) is 5.05. The minimum absolute atomic E-state index is 0.175. The first-order valence-electron chi connectivity index (χ1n) is 6.92. The molecule has 0 spiro atoms. The van der Waals surface area contributed by atoms with Crippen molar-refractivity contribution in [2.45, 2.75) is 31.4 Å². The maximum absolute atomic E-state index is 12.4. The van der Waals surface area contributed by atoms with E-state index in [0.29, 0.717) is 5.56 Å². The van der Waals surface area contributed by atoms with Gasteiger partial charge in [-0.2, -0.15) is 0 Å². The minimum Gasteiger partial charge on any atom is -0.378 e. The zero-order valence-electron chi connectivity index (χ0n) is 11.4. The first-order valence-corrected chi connectivity index (χ1v) is 6.92. The lowest BCUT2D eigenvalue weighted by Crippen LogP contribution is -2.49. The molecule has 1 aromatic rings. The molecule has 2 unspecified atom stereocenters. The lowest BCUT2D eigenvalue weighted by molar-refractivity contribution is -0.144. The van der Waals surface area contributed by atoms with Crippen molar-refractivity contribution in [2.75, 3.05) is 20.1 Å². The molecule has 1 saturated heterocycles. The molecule has 4 nitrogen and oxygen atoms in total. The standard InChI is InChI=1S/C15H22N2O2/c1-16-11-13-9-5-6-10-17(13)15(19)14(18)12-7-3-2-4-8-12/h2-4,7-8,13-14,16,18H,5-6,9-11H2,1H3. The van der Waals surface area contributed by atoms with Gasteiger partial charge in [-0.25, -0.2) is 0 Å². The molecule has 104 valence electrons. The van der Waals surface area contributed by atoms with Gasteiger partial charge in [0.2, 0.25) is 0 Å². The Kier molecular flexibility index (Phi) is 4.93. The van der Waals surface area contributed by atoms with Crippen LogP contribution in [0, 0.1) is 0 Å². The van der Waals surface area contributed by atoms with Crippen molar-refractivity contribution >= 4 is 5.91 Å². The Morgan fingerprint density at radius 2 is 2.16 bits per heavy atom. The lowest BCUT2D eigenvalue weighted by Gasteiger charge is -2.37. The lowest BCUT2D eigenvalue weighted by atomic mass is 9.99. The van der Waals surface area contributed by atoms with Gasteiger partial charge in [-0.1, -0.05) is 30.3 Å². The number of nitrogens with zero attached hydrogens (tertiary/aromatic N) is 1. The van der Waals surface area contributed by atoms with Crippen LogP contribution in [0.1, 0.15) is 30.9 Å². The van der Waals surface area contributed by atoms with Crippen LogP contribution in [0.3, 0.4) is 0 Å². The summed E-state index contributed by atoms with van der Waals surface area (Å²) in [6.45, 7) is 1.53. The number of benzene rings is 1. The molecular weight excluding hydrogens is 240 g/mol. The van der Waals surface area contributed by atoms with Crippen LogP contribution >= 0.6 is 0 Å². The molecule has 0 radical (unpaired) electrons. The third-order valence-electron chi connectivity index (χ3n) is 3.70. The van der Waals surface area contributed by atoms with Crippen LogP contribution in [-0.2, 0) is 4.79 Å². The van der Waals surface area contributed by atoms with Gasteiger partial charge in [0.15, 0.2) is 6.10 Å². The number of carbonyl (C=O) groups excluding carboxylic acids is 1. The molecule has 1 amide bonds. The Morgan fingerprint density at radius 1 is 1.42 bits per heavy atom. The summed E-state index contributed by atoms with van der Waals surface area (Å²) in [5, 5.41) is 13.3. The molecule has 0 bridgehead atoms. The third kappa shape index (κ3) is 3.33. The number of amides is 1. The van der Waals surface area contributed by atoms with Crippen LogP contribution in [0.5, 0.6) is 0 Å². The molecule has 0 aliphatic carbocycles. The molecule has 19 heavy (non-hydrogen) atoms. The number of aliphatic hydroxyl groups is 1. The molecule has 0 saturated carbocycles. The van der Waals surface area contributed by atoms with E-state index in [2.05, 4.69) is 5.32 Å². The van der Waals surface area contributed by atoms with Crippen LogP contribution in [0.15, 0.2) is 30.3 Å². The summed E-state index contributed by atoms with van der Waals surface area (Å²) in [5.41, 5.74) is 0.668. The highest BCUT2D eigenvalue weighted by molar-refractivity contribution is 5.82. The van der Waals surface area contributed by atoms with Gasteiger partial charge >= 0.3 is 0 Å². The van der Waals surface area contributed by atoms with Crippen LogP contribution in [0.4, 0.5) is 0 Å². The summed E-state index contributed by atoms with van der Waals surface area (Å²) in [7, 11) is 1.89. The number of carbonyl (C=O) groups is 1. The summed E-state index contributed by atoms with van der Waals surface area (Å²) >= 11 is 0. The Hall–Kier alpha value is -1.39. The molecule has 1 aromatic carbocycles. The maximum atomic E-state index is 12.4. The van der Waals surface area contributed by atoms with Crippen molar-refractivity contribution in [3.8, 4) is 0 Å². The first-order chi connectivity index (χ1) is 9.24. The number of aliphatic hydroxyl groups excluding tert-OH is 1. The number of piperidine rings is 1. The van der Waals surface area contributed by atoms with E-state index in [1.165, 1.54) is 0 Å². The Labute approximate surface area is 114 Å². The van der Waals surface area contributed by atoms with Gasteiger partial charge in [0.1, 0.15) is 0 Å². The first kappa shape index (κ1) is 14.0. The molecule has 1 aliphatic heterocycles. The van der Waals surface area contributed by atoms with Gasteiger partial charge in [-0.3, -0.25) is 4.79 Å². The second kappa shape index (κ2) is 6.68. The van der Waals surface area contributed by atoms with E-state index in [4.69, 9.17) is 0 Å². The van der Waals surface area contributed by atoms with Crippen LogP contribution in [0.25, 0.3) is 0 Å². The van der Waals surface area contributed by atoms with Crippen LogP contribution < -0.4 is 5.32 Å². The summed E-state index contributed by atoms with van der Waals surface area (Å²) in [4.78, 5) is 14.3.